The third-order valence-electron chi connectivity index (χ3n) is 4.43. The number of rotatable bonds is 15. The van der Waals surface area contributed by atoms with Gasteiger partial charge in [-0.15, -0.1) is 0 Å². The van der Waals surface area contributed by atoms with E-state index in [1.165, 1.54) is 19.1 Å². The minimum Gasteiger partial charge on any atom is -0.462 e. The number of unbranched alkanes of at least 4 members (excludes halogenated alkanes) is 1. The van der Waals surface area contributed by atoms with Gasteiger partial charge in [-0.3, -0.25) is 0 Å². The van der Waals surface area contributed by atoms with E-state index in [1.807, 2.05) is 0 Å². The highest BCUT2D eigenvalue weighted by atomic mass is 16.6. The smallest absolute Gasteiger partial charge is 0.339 e. The van der Waals surface area contributed by atoms with Gasteiger partial charge in [0.05, 0.1) is 24.3 Å². The van der Waals surface area contributed by atoms with Crippen molar-refractivity contribution in [2.24, 2.45) is 0 Å². The summed E-state index contributed by atoms with van der Waals surface area (Å²) in [7, 11) is 0. The normalized spacial score (nSPS) is 11.1. The first-order chi connectivity index (χ1) is 16.2. The average molecular weight is 477 g/mol. The van der Waals surface area contributed by atoms with E-state index in [4.69, 9.17) is 24.1 Å². The highest BCUT2D eigenvalue weighted by Gasteiger charge is 2.22. The summed E-state index contributed by atoms with van der Waals surface area (Å²) in [5.74, 6) is -2.58. The number of aliphatic hydroxyl groups is 1. The highest BCUT2D eigenvalue weighted by Crippen LogP contribution is 2.14. The predicted octanol–water partition coefficient (Wildman–Crippen LogP) is 3.16. The Kier molecular flexibility index (Phi) is 12.9. The van der Waals surface area contributed by atoms with Crippen molar-refractivity contribution in [3.05, 3.63) is 59.7 Å². The minimum absolute atomic E-state index is 0.00928. The highest BCUT2D eigenvalue weighted by molar-refractivity contribution is 6.03. The lowest BCUT2D eigenvalue weighted by Crippen LogP contribution is -2.26. The number of hydrogen-bond donors (Lipinski definition) is 1. The van der Waals surface area contributed by atoms with Crippen LogP contribution < -0.4 is 0 Å². The molecule has 0 amide bonds. The van der Waals surface area contributed by atoms with Gasteiger partial charge in [-0.05, 0) is 51.7 Å². The molecule has 0 saturated carbocycles. The Hall–Kier alpha value is -3.46. The molecule has 186 valence electrons. The monoisotopic (exact) mass is 476 g/mol. The summed E-state index contributed by atoms with van der Waals surface area (Å²) in [6.07, 6.45) is 0.824. The van der Waals surface area contributed by atoms with Crippen molar-refractivity contribution < 1.29 is 43.2 Å². The van der Waals surface area contributed by atoms with Crippen LogP contribution in [-0.2, 0) is 28.5 Å². The van der Waals surface area contributed by atoms with Crippen molar-refractivity contribution in [1.82, 2.24) is 0 Å². The van der Waals surface area contributed by atoms with E-state index in [1.54, 1.807) is 19.1 Å². The van der Waals surface area contributed by atoms with Crippen LogP contribution in [0.2, 0.25) is 0 Å². The zero-order valence-electron chi connectivity index (χ0n) is 19.7. The number of hydrogen-bond acceptors (Lipinski definition) is 9. The molecule has 1 atom stereocenters. The summed E-state index contributed by atoms with van der Waals surface area (Å²) in [5, 5.41) is 9.03. The molecule has 0 saturated heterocycles. The molecule has 0 fully saturated rings. The van der Waals surface area contributed by atoms with Crippen LogP contribution in [0.4, 0.5) is 0 Å². The van der Waals surface area contributed by atoms with E-state index in [9.17, 15) is 19.2 Å². The van der Waals surface area contributed by atoms with Crippen molar-refractivity contribution in [2.45, 2.75) is 45.6 Å². The number of benzene rings is 1. The van der Waals surface area contributed by atoms with Gasteiger partial charge in [0.25, 0.3) is 0 Å². The first kappa shape index (κ1) is 28.6. The third kappa shape index (κ3) is 10.4. The predicted molar refractivity (Wildman–Crippen MR) is 123 cm³/mol. The maximum atomic E-state index is 12.6. The number of aliphatic hydroxyl groups excluding tert-OH is 1. The number of carbonyl (C=O) groups excluding carboxylic acids is 4. The second-order valence-electron chi connectivity index (χ2n) is 7.58. The van der Waals surface area contributed by atoms with Gasteiger partial charge in [0, 0.05) is 17.8 Å². The first-order valence-corrected chi connectivity index (χ1v) is 10.9. The molecule has 0 aromatic heterocycles. The van der Waals surface area contributed by atoms with E-state index in [-0.39, 0.29) is 49.5 Å². The van der Waals surface area contributed by atoms with Gasteiger partial charge < -0.3 is 24.1 Å². The summed E-state index contributed by atoms with van der Waals surface area (Å²) >= 11 is 0. The number of ether oxygens (including phenoxy) is 4. The van der Waals surface area contributed by atoms with Crippen LogP contribution >= 0.6 is 0 Å². The van der Waals surface area contributed by atoms with Gasteiger partial charge in [0.15, 0.2) is 0 Å². The minimum atomic E-state index is -0.778. The molecule has 1 aromatic carbocycles. The van der Waals surface area contributed by atoms with E-state index in [0.29, 0.717) is 24.8 Å². The lowest BCUT2D eigenvalue weighted by molar-refractivity contribution is -0.147. The maximum Gasteiger partial charge on any atom is 0.339 e. The molecular formula is C25H32O9. The molecule has 0 spiro atoms. The standard InChI is InChI=1S/C25H32O9/c1-17(2)22(27)31-14-7-8-15-32-24(29)20-11-5-6-12-21(20)25(30)33-16-19(10-9-13-26)34-23(28)18(3)4/h5-6,11-12,19,26H,1,3,7-10,13-16H2,2,4H3. The zero-order valence-corrected chi connectivity index (χ0v) is 19.7. The Bertz CT molecular complexity index is 888. The number of carbonyl (C=O) groups is 4. The maximum absolute atomic E-state index is 12.6. The molecule has 0 heterocycles. The molecule has 1 unspecified atom stereocenters. The largest absolute Gasteiger partial charge is 0.462 e. The van der Waals surface area contributed by atoms with Crippen LogP contribution in [0.3, 0.4) is 0 Å². The van der Waals surface area contributed by atoms with Gasteiger partial charge >= 0.3 is 23.9 Å². The van der Waals surface area contributed by atoms with Gasteiger partial charge in [-0.25, -0.2) is 19.2 Å². The van der Waals surface area contributed by atoms with Crippen molar-refractivity contribution in [3.8, 4) is 0 Å². The molecule has 0 bridgehead atoms. The van der Waals surface area contributed by atoms with Crippen LogP contribution in [0.5, 0.6) is 0 Å². The molecule has 34 heavy (non-hydrogen) atoms. The lowest BCUT2D eigenvalue weighted by atomic mass is 10.1. The van der Waals surface area contributed by atoms with Crippen molar-refractivity contribution >= 4 is 23.9 Å². The second-order valence-corrected chi connectivity index (χ2v) is 7.58. The average Bonchev–Trinajstić information content (AvgIpc) is 2.81. The third-order valence-corrected chi connectivity index (χ3v) is 4.43. The van der Waals surface area contributed by atoms with Crippen molar-refractivity contribution in [1.29, 1.82) is 0 Å². The van der Waals surface area contributed by atoms with Crippen LogP contribution in [0.25, 0.3) is 0 Å². The fourth-order valence-corrected chi connectivity index (χ4v) is 2.57. The summed E-state index contributed by atoms with van der Waals surface area (Å²) in [6.45, 7) is 9.94. The molecule has 9 heteroatoms. The van der Waals surface area contributed by atoms with Crippen LogP contribution in [0, 0.1) is 0 Å². The molecule has 0 radical (unpaired) electrons. The van der Waals surface area contributed by atoms with Gasteiger partial charge in [0.2, 0.25) is 0 Å². The molecule has 0 aliphatic rings. The Morgan fingerprint density at radius 2 is 1.35 bits per heavy atom. The van der Waals surface area contributed by atoms with E-state index < -0.39 is 30.0 Å². The second kappa shape index (κ2) is 15.4. The van der Waals surface area contributed by atoms with Crippen molar-refractivity contribution in [3.63, 3.8) is 0 Å². The fourth-order valence-electron chi connectivity index (χ4n) is 2.57. The lowest BCUT2D eigenvalue weighted by Gasteiger charge is -2.18. The quantitative estimate of drug-likeness (QED) is 0.176. The molecule has 9 nitrogen and oxygen atoms in total. The zero-order chi connectivity index (χ0) is 25.5. The Labute approximate surface area is 199 Å². The fraction of sp³-hybridized carbons (Fsp3) is 0.440. The van der Waals surface area contributed by atoms with Gasteiger partial charge in [-0.2, -0.15) is 0 Å². The Balaban J connectivity index is 2.63. The number of esters is 4. The SMILES string of the molecule is C=C(C)C(=O)OCCCCOC(=O)c1ccccc1C(=O)OCC(CCCO)OC(=O)C(=C)C. The van der Waals surface area contributed by atoms with Crippen LogP contribution in [-0.4, -0.2) is 61.5 Å². The molecule has 1 aromatic rings. The summed E-state index contributed by atoms with van der Waals surface area (Å²) < 4.78 is 20.7. The topological polar surface area (TPSA) is 125 Å². The van der Waals surface area contributed by atoms with E-state index in [0.717, 1.165) is 0 Å². The van der Waals surface area contributed by atoms with Crippen LogP contribution in [0.15, 0.2) is 48.6 Å². The van der Waals surface area contributed by atoms with Crippen molar-refractivity contribution in [2.75, 3.05) is 26.4 Å². The molecular weight excluding hydrogens is 444 g/mol. The van der Waals surface area contributed by atoms with Gasteiger partial charge in [-0.1, -0.05) is 25.3 Å². The van der Waals surface area contributed by atoms with Crippen LogP contribution in [0.1, 0.15) is 60.2 Å². The van der Waals surface area contributed by atoms with E-state index in [2.05, 4.69) is 13.2 Å². The Morgan fingerprint density at radius 1 is 0.824 bits per heavy atom. The molecule has 0 aliphatic carbocycles. The molecule has 1 N–H and O–H groups in total. The first-order valence-electron chi connectivity index (χ1n) is 10.9. The molecule has 1 rings (SSSR count). The van der Waals surface area contributed by atoms with Gasteiger partial charge in [0.1, 0.15) is 12.7 Å². The summed E-state index contributed by atoms with van der Waals surface area (Å²) in [6, 6.07) is 6.04. The Morgan fingerprint density at radius 3 is 1.88 bits per heavy atom. The van der Waals surface area contributed by atoms with E-state index >= 15 is 0 Å². The summed E-state index contributed by atoms with van der Waals surface area (Å²) in [4.78, 5) is 48.2. The summed E-state index contributed by atoms with van der Waals surface area (Å²) in [5.41, 5.74) is 0.549. The molecule has 0 aliphatic heterocycles.